The van der Waals surface area contributed by atoms with Gasteiger partial charge in [0, 0.05) is 32.7 Å². The van der Waals surface area contributed by atoms with Gasteiger partial charge in [0.15, 0.2) is 0 Å². The largest absolute Gasteiger partial charge is 0.507 e. The summed E-state index contributed by atoms with van der Waals surface area (Å²) in [7, 11) is 0. The summed E-state index contributed by atoms with van der Waals surface area (Å²) in [6.45, 7) is 12.5. The van der Waals surface area contributed by atoms with Crippen molar-refractivity contribution in [3.8, 4) is 78.6 Å². The Labute approximate surface area is 370 Å². The lowest BCUT2D eigenvalue weighted by atomic mass is 9.79. The summed E-state index contributed by atoms with van der Waals surface area (Å²) in [6, 6.07) is 55.2. The molecule has 0 aliphatic rings. The van der Waals surface area contributed by atoms with Crippen molar-refractivity contribution in [3.05, 3.63) is 192 Å². The van der Waals surface area contributed by atoms with Gasteiger partial charge in [-0.3, -0.25) is 9.55 Å². The van der Waals surface area contributed by atoms with Gasteiger partial charge >= 0.3 is 0 Å². The zero-order chi connectivity index (χ0) is 45.8. The SMILES string of the molecule is [2H]C([2H])([2H])c1cc(-n2c(-c3cc(C(C)(C)C)cc(C(C)(C)C)c3O)nc3c(-c4cc(-c5ccccc5)cc(-c5cc(-c6ccc(C)cc6)ccn5)c4)cccc32)ccc1-c1ccccc1. The molecule has 0 amide bonds. The van der Waals surface area contributed by atoms with Crippen LogP contribution in [0.2, 0.25) is 0 Å². The van der Waals surface area contributed by atoms with Crippen LogP contribution in [0.15, 0.2) is 170 Å². The average Bonchev–Trinajstić information content (AvgIpc) is 3.68. The van der Waals surface area contributed by atoms with Gasteiger partial charge in [0.1, 0.15) is 11.6 Å². The number of rotatable bonds is 7. The molecule has 0 atom stereocenters. The zero-order valence-corrected chi connectivity index (χ0v) is 36.5. The molecule has 2 aromatic heterocycles. The quantitative estimate of drug-likeness (QED) is 0.174. The van der Waals surface area contributed by atoms with Crippen molar-refractivity contribution in [2.45, 2.75) is 66.1 Å². The number of nitrogens with zero attached hydrogens (tertiary/aromatic N) is 3. The standard InChI is InChI=1S/C58H53N3O/c1-37-22-24-40(25-23-37)42-28-29-59-52(34-42)45-32-43(39-16-11-9-12-17-39)31-44(33-45)49-20-15-21-53-54(49)60-56(50-35-46(57(3,4)5)36-51(55(50)62)58(6,7)8)61(53)47-26-27-48(38(2)30-47)41-18-13-10-14-19-41/h9-36,62H,1-8H3/i2D3. The maximum absolute atomic E-state index is 12.4. The lowest BCUT2D eigenvalue weighted by Gasteiger charge is -2.27. The van der Waals surface area contributed by atoms with E-state index < -0.39 is 12.3 Å². The number of hydrogen-bond acceptors (Lipinski definition) is 3. The minimum Gasteiger partial charge on any atom is -0.507 e. The van der Waals surface area contributed by atoms with Gasteiger partial charge < -0.3 is 5.11 Å². The van der Waals surface area contributed by atoms with E-state index in [1.54, 1.807) is 6.07 Å². The number of aromatic hydroxyl groups is 1. The van der Waals surface area contributed by atoms with Crippen LogP contribution in [0.4, 0.5) is 0 Å². The van der Waals surface area contributed by atoms with Gasteiger partial charge in [-0.2, -0.15) is 0 Å². The van der Waals surface area contributed by atoms with Gasteiger partial charge in [0.05, 0.1) is 22.3 Å². The van der Waals surface area contributed by atoms with Crippen LogP contribution in [0.5, 0.6) is 5.75 Å². The molecule has 62 heavy (non-hydrogen) atoms. The molecule has 1 N–H and O–H groups in total. The van der Waals surface area contributed by atoms with Crippen LogP contribution in [0.1, 0.15) is 67.9 Å². The monoisotopic (exact) mass is 810 g/mol. The van der Waals surface area contributed by atoms with E-state index >= 15 is 0 Å². The highest BCUT2D eigenvalue weighted by molar-refractivity contribution is 5.98. The first-order valence-electron chi connectivity index (χ1n) is 22.8. The molecule has 306 valence electrons. The molecule has 2 heterocycles. The van der Waals surface area contributed by atoms with E-state index in [0.29, 0.717) is 28.2 Å². The Balaban J connectivity index is 1.34. The Morgan fingerprint density at radius 3 is 1.90 bits per heavy atom. The van der Waals surface area contributed by atoms with Crippen LogP contribution in [0.3, 0.4) is 0 Å². The molecule has 9 rings (SSSR count). The van der Waals surface area contributed by atoms with Gasteiger partial charge in [-0.15, -0.1) is 0 Å². The normalized spacial score (nSPS) is 12.9. The third-order valence-electron chi connectivity index (χ3n) is 11.8. The molecule has 7 aromatic carbocycles. The van der Waals surface area contributed by atoms with Crippen LogP contribution in [0.25, 0.3) is 83.9 Å². The maximum atomic E-state index is 12.4. The summed E-state index contributed by atoms with van der Waals surface area (Å²) in [6.07, 6.45) is 1.87. The van der Waals surface area contributed by atoms with Gasteiger partial charge in [0.2, 0.25) is 0 Å². The lowest BCUT2D eigenvalue weighted by Crippen LogP contribution is -2.17. The van der Waals surface area contributed by atoms with E-state index in [-0.39, 0.29) is 16.7 Å². The minimum absolute atomic E-state index is 0.147. The Hall–Kier alpha value is -7.04. The van der Waals surface area contributed by atoms with Gasteiger partial charge in [0.25, 0.3) is 0 Å². The molecule has 0 saturated heterocycles. The molecule has 0 radical (unpaired) electrons. The molecule has 0 bridgehead atoms. The fraction of sp³-hybridized carbons (Fsp3) is 0.172. The van der Waals surface area contributed by atoms with Crippen molar-refractivity contribution in [1.82, 2.24) is 14.5 Å². The predicted octanol–water partition coefficient (Wildman–Crippen LogP) is 15.3. The summed E-state index contributed by atoms with van der Waals surface area (Å²) in [5, 5.41) is 12.4. The number of aryl methyl sites for hydroxylation is 2. The number of aromatic nitrogens is 3. The molecule has 0 fully saturated rings. The third kappa shape index (κ3) is 7.74. The Morgan fingerprint density at radius 2 is 1.21 bits per heavy atom. The summed E-state index contributed by atoms with van der Waals surface area (Å²) in [4.78, 5) is 10.4. The van der Waals surface area contributed by atoms with Gasteiger partial charge in [-0.1, -0.05) is 156 Å². The second-order valence-electron chi connectivity index (χ2n) is 18.4. The van der Waals surface area contributed by atoms with E-state index in [4.69, 9.17) is 14.1 Å². The van der Waals surface area contributed by atoms with Crippen molar-refractivity contribution in [1.29, 1.82) is 0 Å². The Bertz CT molecular complexity index is 3210. The molecule has 0 aliphatic carbocycles. The van der Waals surface area contributed by atoms with Crippen LogP contribution < -0.4 is 0 Å². The van der Waals surface area contributed by atoms with E-state index in [0.717, 1.165) is 66.8 Å². The van der Waals surface area contributed by atoms with Crippen molar-refractivity contribution in [2.75, 3.05) is 0 Å². The van der Waals surface area contributed by atoms with Crippen LogP contribution in [-0.2, 0) is 10.8 Å². The average molecular weight is 811 g/mol. The van der Waals surface area contributed by atoms with E-state index in [1.165, 1.54) is 5.56 Å². The number of imidazole rings is 1. The van der Waals surface area contributed by atoms with Crippen molar-refractivity contribution < 1.29 is 9.22 Å². The summed E-state index contributed by atoms with van der Waals surface area (Å²) >= 11 is 0. The molecular formula is C58H53N3O. The number of pyridine rings is 1. The predicted molar refractivity (Wildman–Crippen MR) is 260 cm³/mol. The number of para-hydroxylation sites is 1. The molecule has 4 nitrogen and oxygen atoms in total. The van der Waals surface area contributed by atoms with Gasteiger partial charge in [-0.05, 0) is 129 Å². The van der Waals surface area contributed by atoms with E-state index in [9.17, 15) is 5.11 Å². The van der Waals surface area contributed by atoms with Crippen LogP contribution in [-0.4, -0.2) is 19.6 Å². The molecular weight excluding hydrogens is 755 g/mol. The summed E-state index contributed by atoms with van der Waals surface area (Å²) < 4.78 is 28.3. The molecule has 0 spiro atoms. The second kappa shape index (κ2) is 15.8. The van der Waals surface area contributed by atoms with Crippen LogP contribution >= 0.6 is 0 Å². The molecule has 9 aromatic rings. The number of phenols is 1. The number of phenolic OH excluding ortho intramolecular Hbond substituents is 1. The first kappa shape index (κ1) is 36.8. The molecule has 4 heteroatoms. The van der Waals surface area contributed by atoms with E-state index in [1.807, 2.05) is 95.7 Å². The highest BCUT2D eigenvalue weighted by Crippen LogP contribution is 2.45. The van der Waals surface area contributed by atoms with Crippen molar-refractivity contribution in [2.24, 2.45) is 0 Å². The lowest BCUT2D eigenvalue weighted by molar-refractivity contribution is 0.446. The highest BCUT2D eigenvalue weighted by atomic mass is 16.3. The fourth-order valence-electron chi connectivity index (χ4n) is 8.37. The number of benzene rings is 7. The van der Waals surface area contributed by atoms with E-state index in [2.05, 4.69) is 121 Å². The highest BCUT2D eigenvalue weighted by Gasteiger charge is 2.29. The minimum atomic E-state index is -2.42. The summed E-state index contributed by atoms with van der Waals surface area (Å²) in [5.41, 5.74) is 14.7. The van der Waals surface area contributed by atoms with Crippen molar-refractivity contribution in [3.63, 3.8) is 0 Å². The second-order valence-corrected chi connectivity index (χ2v) is 18.4. The maximum Gasteiger partial charge on any atom is 0.149 e. The van der Waals surface area contributed by atoms with Crippen LogP contribution in [0, 0.1) is 13.8 Å². The first-order valence-corrected chi connectivity index (χ1v) is 21.3. The number of hydrogen-bond donors (Lipinski definition) is 1. The Morgan fingerprint density at radius 1 is 0.532 bits per heavy atom. The fourth-order valence-corrected chi connectivity index (χ4v) is 8.37. The third-order valence-corrected chi connectivity index (χ3v) is 11.8. The Kier molecular flexibility index (Phi) is 9.36. The number of fused-ring (bicyclic) bond motifs is 1. The van der Waals surface area contributed by atoms with Gasteiger partial charge in [-0.25, -0.2) is 4.98 Å². The first-order chi connectivity index (χ1) is 30.9. The molecule has 0 saturated carbocycles. The summed E-state index contributed by atoms with van der Waals surface area (Å²) in [5.74, 6) is 0.658. The molecule has 0 unspecified atom stereocenters. The smallest absolute Gasteiger partial charge is 0.149 e. The zero-order valence-electron chi connectivity index (χ0n) is 39.5. The van der Waals surface area contributed by atoms with Crippen molar-refractivity contribution >= 4 is 11.0 Å². The molecule has 0 aliphatic heterocycles. The topological polar surface area (TPSA) is 50.9 Å².